The van der Waals surface area contributed by atoms with Gasteiger partial charge in [-0.05, 0) is 82.1 Å². The summed E-state index contributed by atoms with van der Waals surface area (Å²) in [6, 6.07) is 11.5. The molecule has 0 fully saturated rings. The van der Waals surface area contributed by atoms with Gasteiger partial charge in [-0.2, -0.15) is 4.98 Å². The van der Waals surface area contributed by atoms with Crippen molar-refractivity contribution in [3.63, 3.8) is 0 Å². The molecule has 3 heterocycles. The van der Waals surface area contributed by atoms with Crippen LogP contribution in [-0.2, 0) is 29.8 Å². The number of Topliss-reactive ketones (excluding diaryl/α,β-unsaturated/α-hetero) is 1. The van der Waals surface area contributed by atoms with E-state index >= 15 is 0 Å². The lowest BCUT2D eigenvalue weighted by atomic mass is 9.99. The van der Waals surface area contributed by atoms with Crippen LogP contribution in [0.25, 0.3) is 16.9 Å². The molecule has 1 aromatic carbocycles. The van der Waals surface area contributed by atoms with Gasteiger partial charge in [0.1, 0.15) is 16.8 Å². The number of carbonyl (C=O) groups is 1. The molecule has 0 spiro atoms. The number of pyridine rings is 1. The largest absolute Gasteiger partial charge is 0.384 e. The number of rotatable bonds is 10. The molecule has 3 aromatic heterocycles. The van der Waals surface area contributed by atoms with Gasteiger partial charge in [0.15, 0.2) is 11.5 Å². The van der Waals surface area contributed by atoms with Crippen LogP contribution in [0, 0.1) is 5.92 Å². The van der Waals surface area contributed by atoms with E-state index in [0.717, 1.165) is 18.5 Å². The SMILES string of the molecule is C=CCn1c(=O)c2cnc(Nc3ccc4c(c3)CC(CC(=O)CN(C)C)C4)nc2n1-c1cccc(C(C)(C)O)n1. The second-order valence-corrected chi connectivity index (χ2v) is 11.2. The predicted octanol–water partition coefficient (Wildman–Crippen LogP) is 3.37. The van der Waals surface area contributed by atoms with Crippen molar-refractivity contribution in [3.05, 3.63) is 82.4 Å². The first-order valence-electron chi connectivity index (χ1n) is 13.4. The van der Waals surface area contributed by atoms with Crippen LogP contribution in [0.5, 0.6) is 0 Å². The highest BCUT2D eigenvalue weighted by atomic mass is 16.3. The monoisotopic (exact) mass is 541 g/mol. The molecular formula is C30H35N7O3. The van der Waals surface area contributed by atoms with E-state index in [9.17, 15) is 14.7 Å². The molecule has 1 atom stereocenters. The number of fused-ring (bicyclic) bond motifs is 2. The minimum atomic E-state index is -1.16. The molecule has 5 rings (SSSR count). The molecule has 1 aliphatic carbocycles. The van der Waals surface area contributed by atoms with Crippen LogP contribution in [0.3, 0.4) is 0 Å². The number of hydrogen-bond acceptors (Lipinski definition) is 8. The molecule has 0 radical (unpaired) electrons. The van der Waals surface area contributed by atoms with Gasteiger partial charge in [-0.3, -0.25) is 9.59 Å². The topological polar surface area (TPSA) is 118 Å². The van der Waals surface area contributed by atoms with Gasteiger partial charge < -0.3 is 15.3 Å². The molecule has 0 bridgehead atoms. The highest BCUT2D eigenvalue weighted by Gasteiger charge is 2.25. The quantitative estimate of drug-likeness (QED) is 0.294. The van der Waals surface area contributed by atoms with E-state index in [-0.39, 0.29) is 17.9 Å². The normalized spacial score (nSPS) is 15.0. The number of ketones is 1. The maximum Gasteiger partial charge on any atom is 0.278 e. The number of nitrogens with one attached hydrogen (secondary N) is 1. The van der Waals surface area contributed by atoms with Crippen molar-refractivity contribution in [2.75, 3.05) is 26.0 Å². The van der Waals surface area contributed by atoms with Gasteiger partial charge in [-0.15, -0.1) is 6.58 Å². The smallest absolute Gasteiger partial charge is 0.278 e. The maximum absolute atomic E-state index is 13.2. The lowest BCUT2D eigenvalue weighted by molar-refractivity contribution is -0.120. The van der Waals surface area contributed by atoms with Crippen LogP contribution in [-0.4, -0.2) is 60.7 Å². The number of nitrogens with zero attached hydrogens (tertiary/aromatic N) is 6. The third kappa shape index (κ3) is 5.59. The van der Waals surface area contributed by atoms with Gasteiger partial charge in [0.2, 0.25) is 5.95 Å². The molecule has 1 unspecified atom stereocenters. The van der Waals surface area contributed by atoms with Crippen LogP contribution in [0.15, 0.2) is 60.0 Å². The summed E-state index contributed by atoms with van der Waals surface area (Å²) in [4.78, 5) is 41.2. The Bertz CT molecular complexity index is 1650. The third-order valence-electron chi connectivity index (χ3n) is 7.04. The number of anilines is 2. The van der Waals surface area contributed by atoms with Gasteiger partial charge in [0.25, 0.3) is 5.56 Å². The minimum Gasteiger partial charge on any atom is -0.384 e. The number of hydrogen-bond donors (Lipinski definition) is 2. The highest BCUT2D eigenvalue weighted by Crippen LogP contribution is 2.32. The predicted molar refractivity (Wildman–Crippen MR) is 155 cm³/mol. The zero-order valence-corrected chi connectivity index (χ0v) is 23.4. The highest BCUT2D eigenvalue weighted by molar-refractivity contribution is 5.81. The van der Waals surface area contributed by atoms with Gasteiger partial charge in [0, 0.05) is 18.3 Å². The van der Waals surface area contributed by atoms with Crippen molar-refractivity contribution in [3.8, 4) is 5.82 Å². The Kier molecular flexibility index (Phi) is 7.39. The van der Waals surface area contributed by atoms with E-state index in [4.69, 9.17) is 4.98 Å². The number of benzene rings is 1. The second kappa shape index (κ2) is 10.8. The van der Waals surface area contributed by atoms with Crippen molar-refractivity contribution < 1.29 is 9.90 Å². The Balaban J connectivity index is 1.46. The number of allylic oxidation sites excluding steroid dienone is 1. The van der Waals surface area contributed by atoms with Crippen molar-refractivity contribution in [2.24, 2.45) is 5.92 Å². The van der Waals surface area contributed by atoms with E-state index in [1.54, 1.807) is 42.8 Å². The summed E-state index contributed by atoms with van der Waals surface area (Å²) in [5, 5.41) is 14.1. The van der Waals surface area contributed by atoms with E-state index in [2.05, 4.69) is 34.0 Å². The fourth-order valence-electron chi connectivity index (χ4n) is 5.29. The molecule has 208 valence electrons. The summed E-state index contributed by atoms with van der Waals surface area (Å²) in [6.07, 6.45) is 5.49. The van der Waals surface area contributed by atoms with Crippen LogP contribution in [0.2, 0.25) is 0 Å². The second-order valence-electron chi connectivity index (χ2n) is 11.2. The minimum absolute atomic E-state index is 0.245. The maximum atomic E-state index is 13.2. The molecule has 10 nitrogen and oxygen atoms in total. The number of aromatic nitrogens is 5. The number of carbonyl (C=O) groups excluding carboxylic acids is 1. The zero-order chi connectivity index (χ0) is 28.6. The molecule has 1 aliphatic rings. The Labute approximate surface area is 233 Å². The molecule has 4 aromatic rings. The average molecular weight is 542 g/mol. The first-order chi connectivity index (χ1) is 19.0. The Morgan fingerprint density at radius 3 is 2.70 bits per heavy atom. The first-order valence-corrected chi connectivity index (χ1v) is 13.4. The Hall–Kier alpha value is -4.15. The summed E-state index contributed by atoms with van der Waals surface area (Å²) in [7, 11) is 3.83. The molecule has 2 N–H and O–H groups in total. The summed E-state index contributed by atoms with van der Waals surface area (Å²) < 4.78 is 3.14. The van der Waals surface area contributed by atoms with Crippen LogP contribution < -0.4 is 10.9 Å². The lowest BCUT2D eigenvalue weighted by Crippen LogP contribution is -2.23. The van der Waals surface area contributed by atoms with E-state index in [1.807, 2.05) is 25.1 Å². The van der Waals surface area contributed by atoms with Crippen molar-refractivity contribution >= 4 is 28.5 Å². The Morgan fingerprint density at radius 2 is 1.98 bits per heavy atom. The molecule has 0 amide bonds. The van der Waals surface area contributed by atoms with Crippen LogP contribution in [0.1, 0.15) is 37.1 Å². The summed E-state index contributed by atoms with van der Waals surface area (Å²) in [5.74, 6) is 1.37. The zero-order valence-electron chi connectivity index (χ0n) is 23.4. The van der Waals surface area contributed by atoms with Crippen molar-refractivity contribution in [2.45, 2.75) is 45.3 Å². The lowest BCUT2D eigenvalue weighted by Gasteiger charge is -2.18. The van der Waals surface area contributed by atoms with Gasteiger partial charge in [-0.1, -0.05) is 18.2 Å². The molecular weight excluding hydrogens is 506 g/mol. The summed E-state index contributed by atoms with van der Waals surface area (Å²) in [6.45, 7) is 7.83. The van der Waals surface area contributed by atoms with E-state index < -0.39 is 5.60 Å². The first kappa shape index (κ1) is 27.4. The molecule has 0 saturated carbocycles. The Morgan fingerprint density at radius 1 is 1.20 bits per heavy atom. The molecule has 0 saturated heterocycles. The van der Waals surface area contributed by atoms with Crippen molar-refractivity contribution in [1.29, 1.82) is 0 Å². The summed E-state index contributed by atoms with van der Waals surface area (Å²) in [5.41, 5.74) is 2.76. The van der Waals surface area contributed by atoms with Crippen molar-refractivity contribution in [1.82, 2.24) is 29.2 Å². The third-order valence-corrected chi connectivity index (χ3v) is 7.04. The number of aliphatic hydroxyl groups is 1. The number of likely N-dealkylation sites (N-methyl/N-ethyl adjacent to an activating group) is 1. The standard InChI is InChI=1S/C30H35N7O3/c1-6-12-36-28(39)24-17-31-29(34-27(24)37(36)26-9-7-8-25(33-26)30(2,3)40)32-22-11-10-20-13-19(14-21(20)16-22)15-23(38)18-35(4)5/h6-11,16-17,19,40H,1,12-15,18H2,2-5H3,(H,31,32,34). The molecule has 10 heteroatoms. The fraction of sp³-hybridized carbons (Fsp3) is 0.367. The van der Waals surface area contributed by atoms with Gasteiger partial charge in [0.05, 0.1) is 18.8 Å². The van der Waals surface area contributed by atoms with Crippen LogP contribution >= 0.6 is 0 Å². The van der Waals surface area contributed by atoms with Gasteiger partial charge in [-0.25, -0.2) is 19.3 Å². The van der Waals surface area contributed by atoms with Crippen LogP contribution in [0.4, 0.5) is 11.6 Å². The summed E-state index contributed by atoms with van der Waals surface area (Å²) >= 11 is 0. The molecule has 0 aliphatic heterocycles. The van der Waals surface area contributed by atoms with Gasteiger partial charge >= 0.3 is 0 Å². The fourth-order valence-corrected chi connectivity index (χ4v) is 5.29. The van der Waals surface area contributed by atoms with E-state index in [0.29, 0.717) is 47.4 Å². The van der Waals surface area contributed by atoms with E-state index in [1.165, 1.54) is 22.0 Å². The molecule has 40 heavy (non-hydrogen) atoms. The average Bonchev–Trinajstić information content (AvgIpc) is 3.40.